The molecule has 2 N–H and O–H groups in total. The van der Waals surface area contributed by atoms with Gasteiger partial charge in [0.25, 0.3) is 0 Å². The normalized spacial score (nSPS) is 13.7. The molecule has 0 aliphatic carbocycles. The number of ether oxygens (including phenoxy) is 2. The summed E-state index contributed by atoms with van der Waals surface area (Å²) in [5.41, 5.74) is -0.518. The van der Waals surface area contributed by atoms with Crippen LogP contribution in [0.15, 0.2) is 0 Å². The molecule has 0 rings (SSSR count). The van der Waals surface area contributed by atoms with Crippen molar-refractivity contribution in [2.75, 3.05) is 39.6 Å². The number of aliphatic hydroxyl groups is 1. The van der Waals surface area contributed by atoms with Gasteiger partial charge in [0.05, 0.1) is 18.5 Å². The van der Waals surface area contributed by atoms with Gasteiger partial charge in [0.2, 0.25) is 10.0 Å². The van der Waals surface area contributed by atoms with Crippen LogP contribution in [0.25, 0.3) is 0 Å². The number of hydrogen-bond acceptors (Lipinski definition) is 6. The lowest BCUT2D eigenvalue weighted by atomic mass is 10.1. The van der Waals surface area contributed by atoms with Gasteiger partial charge >= 0.3 is 6.09 Å². The first-order chi connectivity index (χ1) is 11.5. The Balaban J connectivity index is 3.86. The number of methoxy groups -OCH3 is 1. The first-order valence-corrected chi connectivity index (χ1v) is 10.2. The molecule has 0 spiro atoms. The number of carbonyl (C=O) groups excluding carboxylic acids is 1. The van der Waals surface area contributed by atoms with Crippen molar-refractivity contribution in [1.82, 2.24) is 9.62 Å². The zero-order valence-corrected chi connectivity index (χ0v) is 16.9. The molecule has 1 atom stereocenters. The summed E-state index contributed by atoms with van der Waals surface area (Å²) in [4.78, 5) is 11.4. The van der Waals surface area contributed by atoms with Gasteiger partial charge in [0, 0.05) is 27.2 Å². The van der Waals surface area contributed by atoms with E-state index in [-0.39, 0.29) is 12.3 Å². The zero-order chi connectivity index (χ0) is 19.5. The summed E-state index contributed by atoms with van der Waals surface area (Å²) in [6, 6.07) is 0. The highest BCUT2D eigenvalue weighted by atomic mass is 32.2. The fourth-order valence-corrected chi connectivity index (χ4v) is 3.26. The average molecular weight is 383 g/mol. The van der Waals surface area contributed by atoms with E-state index in [0.29, 0.717) is 26.0 Å². The van der Waals surface area contributed by atoms with E-state index in [1.54, 1.807) is 20.8 Å². The Morgan fingerprint density at radius 3 is 2.44 bits per heavy atom. The van der Waals surface area contributed by atoms with Gasteiger partial charge in [0.15, 0.2) is 0 Å². The lowest BCUT2D eigenvalue weighted by Gasteiger charge is -2.20. The number of nitrogens with one attached hydrogen (secondary N) is 1. The predicted octanol–water partition coefficient (Wildman–Crippen LogP) is 1.34. The number of likely N-dealkylation sites (N-methyl/N-ethyl adjacent to an activating group) is 1. The molecule has 0 aliphatic heterocycles. The van der Waals surface area contributed by atoms with Crippen LogP contribution >= 0.6 is 0 Å². The van der Waals surface area contributed by atoms with Crippen molar-refractivity contribution < 1.29 is 27.8 Å². The molecule has 0 fully saturated rings. The standard InChI is InChI=1S/C16H34N2O6S/c1-16(2,3)24-15(20)17-10-8-6-7-9-14(19)13-25(21,22)18(4)11-12-23-5/h14,19H,6-13H2,1-5H3,(H,17,20). The smallest absolute Gasteiger partial charge is 0.407 e. The largest absolute Gasteiger partial charge is 0.444 e. The van der Waals surface area contributed by atoms with Gasteiger partial charge in [-0.2, -0.15) is 0 Å². The van der Waals surface area contributed by atoms with Crippen LogP contribution in [-0.4, -0.2) is 75.2 Å². The molecule has 0 radical (unpaired) electrons. The molecular weight excluding hydrogens is 348 g/mol. The first-order valence-electron chi connectivity index (χ1n) is 8.56. The second-order valence-corrected chi connectivity index (χ2v) is 9.15. The second kappa shape index (κ2) is 11.7. The van der Waals surface area contributed by atoms with Crippen molar-refractivity contribution in [1.29, 1.82) is 0 Å². The van der Waals surface area contributed by atoms with Crippen molar-refractivity contribution in [2.45, 2.75) is 58.2 Å². The molecule has 0 aromatic rings. The Morgan fingerprint density at radius 1 is 1.24 bits per heavy atom. The van der Waals surface area contributed by atoms with E-state index in [4.69, 9.17) is 9.47 Å². The minimum absolute atomic E-state index is 0.266. The number of carbonyl (C=O) groups is 1. The summed E-state index contributed by atoms with van der Waals surface area (Å²) in [5, 5.41) is 12.6. The van der Waals surface area contributed by atoms with Crippen molar-refractivity contribution in [3.05, 3.63) is 0 Å². The number of unbranched alkanes of at least 4 members (excludes halogenated alkanes) is 2. The summed E-state index contributed by atoms with van der Waals surface area (Å²) in [5.74, 6) is -0.288. The van der Waals surface area contributed by atoms with Gasteiger partial charge in [-0.1, -0.05) is 12.8 Å². The lowest BCUT2D eigenvalue weighted by molar-refractivity contribution is 0.0526. The van der Waals surface area contributed by atoms with E-state index < -0.39 is 27.8 Å². The van der Waals surface area contributed by atoms with Gasteiger partial charge in [-0.3, -0.25) is 0 Å². The minimum Gasteiger partial charge on any atom is -0.444 e. The number of amides is 1. The van der Waals surface area contributed by atoms with E-state index in [0.717, 1.165) is 12.8 Å². The molecule has 150 valence electrons. The second-order valence-electron chi connectivity index (χ2n) is 7.02. The van der Waals surface area contributed by atoms with Crippen LogP contribution in [0.3, 0.4) is 0 Å². The summed E-state index contributed by atoms with van der Waals surface area (Å²) >= 11 is 0. The van der Waals surface area contributed by atoms with Crippen LogP contribution < -0.4 is 5.32 Å². The van der Waals surface area contributed by atoms with Crippen molar-refractivity contribution in [3.63, 3.8) is 0 Å². The highest BCUT2D eigenvalue weighted by Crippen LogP contribution is 2.09. The molecular formula is C16H34N2O6S. The molecule has 0 saturated heterocycles. The Kier molecular flexibility index (Phi) is 11.2. The van der Waals surface area contributed by atoms with Gasteiger partial charge in [0.1, 0.15) is 5.60 Å². The zero-order valence-electron chi connectivity index (χ0n) is 16.1. The Labute approximate surface area is 151 Å². The van der Waals surface area contributed by atoms with Crippen molar-refractivity contribution in [3.8, 4) is 0 Å². The fourth-order valence-electron chi connectivity index (χ4n) is 2.00. The Hall–Kier alpha value is -0.900. The van der Waals surface area contributed by atoms with E-state index in [1.165, 1.54) is 18.5 Å². The van der Waals surface area contributed by atoms with Crippen LogP contribution in [0.5, 0.6) is 0 Å². The quantitative estimate of drug-likeness (QED) is 0.494. The molecule has 1 unspecified atom stereocenters. The third-order valence-electron chi connectivity index (χ3n) is 3.37. The highest BCUT2D eigenvalue weighted by molar-refractivity contribution is 7.89. The molecule has 0 aliphatic rings. The van der Waals surface area contributed by atoms with E-state index in [9.17, 15) is 18.3 Å². The maximum absolute atomic E-state index is 12.0. The van der Waals surface area contributed by atoms with Crippen LogP contribution in [0.4, 0.5) is 4.79 Å². The molecule has 25 heavy (non-hydrogen) atoms. The fraction of sp³-hybridized carbons (Fsp3) is 0.938. The molecule has 0 aromatic heterocycles. The van der Waals surface area contributed by atoms with E-state index in [1.807, 2.05) is 0 Å². The Morgan fingerprint density at radius 2 is 1.88 bits per heavy atom. The van der Waals surface area contributed by atoms with Crippen LogP contribution in [0, 0.1) is 0 Å². The third kappa shape index (κ3) is 13.0. The third-order valence-corrected chi connectivity index (χ3v) is 5.31. The van der Waals surface area contributed by atoms with E-state index >= 15 is 0 Å². The Bertz CT molecular complexity index is 476. The van der Waals surface area contributed by atoms with E-state index in [2.05, 4.69) is 5.32 Å². The molecule has 0 heterocycles. The number of sulfonamides is 1. The summed E-state index contributed by atoms with van der Waals surface area (Å²) in [7, 11) is -0.495. The topological polar surface area (TPSA) is 105 Å². The molecule has 1 amide bonds. The van der Waals surface area contributed by atoms with Gasteiger partial charge < -0.3 is 19.9 Å². The minimum atomic E-state index is -3.48. The van der Waals surface area contributed by atoms with Crippen LogP contribution in [-0.2, 0) is 19.5 Å². The van der Waals surface area contributed by atoms with Gasteiger partial charge in [-0.05, 0) is 33.6 Å². The maximum atomic E-state index is 12.0. The molecule has 0 aromatic carbocycles. The number of nitrogens with zero attached hydrogens (tertiary/aromatic N) is 1. The van der Waals surface area contributed by atoms with Crippen LogP contribution in [0.2, 0.25) is 0 Å². The number of alkyl carbamates (subject to hydrolysis) is 1. The predicted molar refractivity (Wildman–Crippen MR) is 97.0 cm³/mol. The molecule has 9 heteroatoms. The number of rotatable bonds is 12. The molecule has 0 bridgehead atoms. The molecule has 8 nitrogen and oxygen atoms in total. The monoisotopic (exact) mass is 382 g/mol. The summed E-state index contributed by atoms with van der Waals surface area (Å²) in [6.07, 6.45) is 1.28. The SMILES string of the molecule is COCCN(C)S(=O)(=O)CC(O)CCCCCNC(=O)OC(C)(C)C. The van der Waals surface area contributed by atoms with Crippen molar-refractivity contribution in [2.24, 2.45) is 0 Å². The average Bonchev–Trinajstić information content (AvgIpc) is 2.45. The van der Waals surface area contributed by atoms with Gasteiger partial charge in [-0.25, -0.2) is 17.5 Å². The molecule has 0 saturated carbocycles. The lowest BCUT2D eigenvalue weighted by Crippen LogP contribution is -2.36. The van der Waals surface area contributed by atoms with Crippen LogP contribution in [0.1, 0.15) is 46.5 Å². The maximum Gasteiger partial charge on any atom is 0.407 e. The van der Waals surface area contributed by atoms with Gasteiger partial charge in [-0.15, -0.1) is 0 Å². The number of hydrogen-bond donors (Lipinski definition) is 2. The summed E-state index contributed by atoms with van der Waals surface area (Å²) in [6.45, 7) is 6.47. The highest BCUT2D eigenvalue weighted by Gasteiger charge is 2.21. The summed E-state index contributed by atoms with van der Waals surface area (Å²) < 4.78 is 35.2. The number of aliphatic hydroxyl groups excluding tert-OH is 1. The van der Waals surface area contributed by atoms with Crippen molar-refractivity contribution >= 4 is 16.1 Å². The first kappa shape index (κ1) is 24.1.